The van der Waals surface area contributed by atoms with Crippen molar-refractivity contribution in [3.8, 4) is 0 Å². The van der Waals surface area contributed by atoms with Gasteiger partial charge in [0.05, 0.1) is 6.10 Å². The summed E-state index contributed by atoms with van der Waals surface area (Å²) in [6, 6.07) is 0. The molecule has 4 aliphatic rings. The van der Waals surface area contributed by atoms with E-state index in [0.29, 0.717) is 24.8 Å². The summed E-state index contributed by atoms with van der Waals surface area (Å²) in [6.45, 7) is 4.48. The van der Waals surface area contributed by atoms with Gasteiger partial charge in [-0.3, -0.25) is 9.59 Å². The molecule has 4 aliphatic carbocycles. The maximum absolute atomic E-state index is 16.9. The van der Waals surface area contributed by atoms with E-state index in [1.807, 2.05) is 0 Å². The van der Waals surface area contributed by atoms with Crippen molar-refractivity contribution in [1.82, 2.24) is 0 Å². The monoisotopic (exact) mass is 392 g/mol. The van der Waals surface area contributed by atoms with E-state index in [1.54, 1.807) is 26.8 Å². The lowest BCUT2D eigenvalue weighted by Crippen LogP contribution is -2.69. The highest BCUT2D eigenvalue weighted by atomic mass is 19.1. The lowest BCUT2D eigenvalue weighted by molar-refractivity contribution is -0.219. The molecule has 0 aromatic rings. The third-order valence-electron chi connectivity index (χ3n) is 8.79. The molecule has 4 rings (SSSR count). The summed E-state index contributed by atoms with van der Waals surface area (Å²) in [5.41, 5.74) is -5.17. The van der Waals surface area contributed by atoms with Crippen molar-refractivity contribution in [3.63, 3.8) is 0 Å². The molecule has 0 spiro atoms. The summed E-state index contributed by atoms with van der Waals surface area (Å²) < 4.78 is 16.9. The third kappa shape index (κ3) is 2.01. The number of alkyl halides is 1. The molecule has 3 fully saturated rings. The molecule has 0 saturated heterocycles. The fourth-order valence-corrected chi connectivity index (χ4v) is 7.26. The van der Waals surface area contributed by atoms with Gasteiger partial charge >= 0.3 is 0 Å². The number of ketones is 2. The minimum Gasteiger partial charge on any atom is -0.390 e. The second-order valence-electron chi connectivity index (χ2n) is 9.75. The molecule has 6 heteroatoms. The molecule has 5 nitrogen and oxygen atoms in total. The predicted molar refractivity (Wildman–Crippen MR) is 99.9 cm³/mol. The fraction of sp³-hybridized carbons (Fsp3) is 0.727. The third-order valence-corrected chi connectivity index (χ3v) is 8.79. The summed E-state index contributed by atoms with van der Waals surface area (Å²) in [5.74, 6) is -2.12. The number of hydrogen-bond donors (Lipinski definition) is 3. The van der Waals surface area contributed by atoms with E-state index in [2.05, 4.69) is 0 Å². The van der Waals surface area contributed by atoms with Crippen molar-refractivity contribution in [2.24, 2.45) is 28.6 Å². The number of aliphatic hydroxyl groups excluding tert-OH is 2. The van der Waals surface area contributed by atoms with Crippen LogP contribution in [0.25, 0.3) is 0 Å². The maximum Gasteiger partial charge on any atom is 0.190 e. The van der Waals surface area contributed by atoms with Gasteiger partial charge in [-0.05, 0) is 56.6 Å². The zero-order chi connectivity index (χ0) is 20.7. The van der Waals surface area contributed by atoms with Crippen molar-refractivity contribution in [2.45, 2.75) is 63.8 Å². The van der Waals surface area contributed by atoms with Gasteiger partial charge in [0.2, 0.25) is 0 Å². The normalized spacial score (nSPS) is 52.5. The van der Waals surface area contributed by atoms with Gasteiger partial charge < -0.3 is 15.3 Å². The van der Waals surface area contributed by atoms with Crippen LogP contribution in [0.3, 0.4) is 0 Å². The number of rotatable bonds is 2. The van der Waals surface area contributed by atoms with Crippen LogP contribution in [0.5, 0.6) is 0 Å². The van der Waals surface area contributed by atoms with Crippen molar-refractivity contribution < 1.29 is 29.3 Å². The molecule has 0 amide bonds. The van der Waals surface area contributed by atoms with Crippen LogP contribution in [-0.2, 0) is 9.59 Å². The highest BCUT2D eigenvalue weighted by Gasteiger charge is 2.75. The first kappa shape index (κ1) is 19.9. The van der Waals surface area contributed by atoms with E-state index in [4.69, 9.17) is 0 Å². The largest absolute Gasteiger partial charge is 0.390 e. The number of carbonyl (C=O) groups excluding carboxylic acids is 2. The van der Waals surface area contributed by atoms with Crippen LogP contribution >= 0.6 is 0 Å². The SMILES string of the molecule is C[C@@H]1CC2C3CCC4=CC(=O)C=CC4(C)[C@]3(F)[C@@H](O)CC2(C)[C@]1(O)C(=O)CO. The zero-order valence-corrected chi connectivity index (χ0v) is 16.6. The number of allylic oxidation sites excluding steroid dienone is 4. The van der Waals surface area contributed by atoms with E-state index in [0.717, 1.165) is 0 Å². The molecular weight excluding hydrogens is 363 g/mol. The summed E-state index contributed by atoms with van der Waals surface area (Å²) >= 11 is 0. The quantitative estimate of drug-likeness (QED) is 0.667. The topological polar surface area (TPSA) is 94.8 Å². The molecule has 3 N–H and O–H groups in total. The van der Waals surface area contributed by atoms with Gasteiger partial charge in [0.25, 0.3) is 0 Å². The van der Waals surface area contributed by atoms with Crippen LogP contribution < -0.4 is 0 Å². The molecule has 28 heavy (non-hydrogen) atoms. The molecule has 0 aromatic carbocycles. The van der Waals surface area contributed by atoms with E-state index in [9.17, 15) is 24.9 Å². The van der Waals surface area contributed by atoms with E-state index >= 15 is 4.39 Å². The Morgan fingerprint density at radius 3 is 2.64 bits per heavy atom. The Morgan fingerprint density at radius 1 is 1.32 bits per heavy atom. The van der Waals surface area contributed by atoms with Crippen molar-refractivity contribution in [1.29, 1.82) is 0 Å². The molecule has 0 bridgehead atoms. The first-order valence-corrected chi connectivity index (χ1v) is 10.1. The van der Waals surface area contributed by atoms with Crippen LogP contribution in [-0.4, -0.2) is 50.9 Å². The van der Waals surface area contributed by atoms with Gasteiger partial charge in [0.15, 0.2) is 17.2 Å². The minimum absolute atomic E-state index is 0.0676. The Bertz CT molecular complexity index is 805. The standard InChI is InChI=1S/C22H29FO5/c1-12-8-16-15-5-4-13-9-14(25)6-7-19(13,2)21(15,23)17(26)10-20(16,3)22(12,28)18(27)11-24/h6-7,9,12,15-17,24,26,28H,4-5,8,10-11H2,1-3H3/t12-,15?,16?,17+,19?,20?,21-,22-/m1/s1. The zero-order valence-electron chi connectivity index (χ0n) is 16.6. The van der Waals surface area contributed by atoms with Crippen LogP contribution in [0.4, 0.5) is 4.39 Å². The van der Waals surface area contributed by atoms with Crippen molar-refractivity contribution >= 4 is 11.6 Å². The minimum atomic E-state index is -1.98. The lowest BCUT2D eigenvalue weighted by atomic mass is 9.44. The maximum atomic E-state index is 16.9. The Morgan fingerprint density at radius 2 is 2.00 bits per heavy atom. The Balaban J connectivity index is 1.84. The van der Waals surface area contributed by atoms with Gasteiger partial charge in [-0.25, -0.2) is 4.39 Å². The number of aliphatic hydroxyl groups is 3. The Labute approximate surface area is 164 Å². The van der Waals surface area contributed by atoms with Crippen LogP contribution in [0, 0.1) is 28.6 Å². The van der Waals surface area contributed by atoms with Gasteiger partial charge in [0, 0.05) is 16.7 Å². The summed E-state index contributed by atoms with van der Waals surface area (Å²) in [5, 5.41) is 32.0. The molecule has 0 aliphatic heterocycles. The molecule has 154 valence electrons. The molecule has 0 heterocycles. The van der Waals surface area contributed by atoms with E-state index < -0.39 is 52.4 Å². The average Bonchev–Trinajstić information content (AvgIpc) is 2.84. The first-order valence-electron chi connectivity index (χ1n) is 10.1. The number of carbonyl (C=O) groups is 2. The van der Waals surface area contributed by atoms with Gasteiger partial charge in [-0.1, -0.05) is 25.5 Å². The number of Topliss-reactive ketones (excluding diaryl/α,β-unsaturated/α-hetero) is 1. The predicted octanol–water partition coefficient (Wildman–Crippen LogP) is 1.90. The Hall–Kier alpha value is -1.37. The van der Waals surface area contributed by atoms with Gasteiger partial charge in [-0.2, -0.15) is 0 Å². The lowest BCUT2D eigenvalue weighted by Gasteiger charge is -2.62. The number of halogens is 1. The molecule has 4 unspecified atom stereocenters. The molecule has 3 saturated carbocycles. The summed E-state index contributed by atoms with van der Waals surface area (Å²) in [6.07, 6.45) is 4.44. The average molecular weight is 392 g/mol. The molecule has 0 radical (unpaired) electrons. The molecule has 8 atom stereocenters. The summed E-state index contributed by atoms with van der Waals surface area (Å²) in [4.78, 5) is 24.4. The first-order chi connectivity index (χ1) is 13.0. The fourth-order valence-electron chi connectivity index (χ4n) is 7.26. The van der Waals surface area contributed by atoms with E-state index in [1.165, 1.54) is 12.2 Å². The second-order valence-corrected chi connectivity index (χ2v) is 9.75. The van der Waals surface area contributed by atoms with E-state index in [-0.39, 0.29) is 18.1 Å². The highest BCUT2D eigenvalue weighted by molar-refractivity contribution is 6.01. The van der Waals surface area contributed by atoms with Gasteiger partial charge in [0.1, 0.15) is 12.2 Å². The van der Waals surface area contributed by atoms with Crippen LogP contribution in [0.15, 0.2) is 23.8 Å². The molecule has 0 aromatic heterocycles. The highest BCUT2D eigenvalue weighted by Crippen LogP contribution is 2.70. The van der Waals surface area contributed by atoms with Crippen molar-refractivity contribution in [3.05, 3.63) is 23.8 Å². The second kappa shape index (κ2) is 5.83. The number of hydrogen-bond acceptors (Lipinski definition) is 5. The summed E-state index contributed by atoms with van der Waals surface area (Å²) in [7, 11) is 0. The van der Waals surface area contributed by atoms with Crippen LogP contribution in [0.1, 0.15) is 46.5 Å². The Kier molecular flexibility index (Phi) is 4.15. The number of fused-ring (bicyclic) bond motifs is 5. The van der Waals surface area contributed by atoms with Gasteiger partial charge in [-0.15, -0.1) is 0 Å². The molecular formula is C22H29FO5. The van der Waals surface area contributed by atoms with Crippen molar-refractivity contribution in [2.75, 3.05) is 6.61 Å². The smallest absolute Gasteiger partial charge is 0.190 e. The van der Waals surface area contributed by atoms with Crippen LogP contribution in [0.2, 0.25) is 0 Å².